The topological polar surface area (TPSA) is 66.5 Å². The first kappa shape index (κ1) is 18.3. The Labute approximate surface area is 147 Å². The smallest absolute Gasteiger partial charge is 0.243 e. The molecule has 1 amide bonds. The minimum atomic E-state index is -3.60. The molecule has 0 heterocycles. The molecule has 0 aliphatic carbocycles. The molecular formula is C17H19ClN2O3S. The molecule has 0 unspecified atom stereocenters. The third-order valence-electron chi connectivity index (χ3n) is 3.45. The van der Waals surface area contributed by atoms with Crippen LogP contribution in [-0.2, 0) is 21.4 Å². The van der Waals surface area contributed by atoms with Gasteiger partial charge in [-0.1, -0.05) is 41.9 Å². The van der Waals surface area contributed by atoms with E-state index in [-0.39, 0.29) is 12.5 Å². The summed E-state index contributed by atoms with van der Waals surface area (Å²) < 4.78 is 25.4. The van der Waals surface area contributed by atoms with Crippen LogP contribution < -0.4 is 9.62 Å². The summed E-state index contributed by atoms with van der Waals surface area (Å²) in [5, 5.41) is 3.32. The van der Waals surface area contributed by atoms with Gasteiger partial charge in [-0.25, -0.2) is 8.42 Å². The van der Waals surface area contributed by atoms with E-state index < -0.39 is 16.1 Å². The Kier molecular flexibility index (Phi) is 5.85. The molecule has 0 bridgehead atoms. The molecule has 2 aromatic carbocycles. The Bertz CT molecular complexity index is 810. The summed E-state index contributed by atoms with van der Waals surface area (Å²) in [7, 11) is -3.60. The van der Waals surface area contributed by atoms with Gasteiger partial charge in [-0.05, 0) is 36.8 Å². The van der Waals surface area contributed by atoms with Crippen molar-refractivity contribution in [3.05, 3.63) is 65.2 Å². The number of rotatable bonds is 6. The minimum Gasteiger partial charge on any atom is -0.350 e. The maximum absolute atomic E-state index is 12.4. The van der Waals surface area contributed by atoms with E-state index in [0.717, 1.165) is 16.1 Å². The number of carbonyl (C=O) groups is 1. The molecule has 0 spiro atoms. The molecule has 0 aliphatic heterocycles. The van der Waals surface area contributed by atoms with Crippen molar-refractivity contribution in [1.29, 1.82) is 0 Å². The Morgan fingerprint density at radius 1 is 1.17 bits per heavy atom. The molecule has 128 valence electrons. The van der Waals surface area contributed by atoms with Gasteiger partial charge in [0.2, 0.25) is 15.9 Å². The first-order valence-corrected chi connectivity index (χ1v) is 9.58. The third-order valence-corrected chi connectivity index (χ3v) is 4.93. The Morgan fingerprint density at radius 3 is 2.42 bits per heavy atom. The van der Waals surface area contributed by atoms with Gasteiger partial charge in [-0.3, -0.25) is 9.10 Å². The molecule has 24 heavy (non-hydrogen) atoms. The van der Waals surface area contributed by atoms with E-state index in [1.807, 2.05) is 6.07 Å². The Morgan fingerprint density at radius 2 is 1.83 bits per heavy atom. The van der Waals surface area contributed by atoms with E-state index in [1.54, 1.807) is 55.5 Å². The predicted molar refractivity (Wildman–Crippen MR) is 96.5 cm³/mol. The van der Waals surface area contributed by atoms with Crippen LogP contribution >= 0.6 is 11.6 Å². The van der Waals surface area contributed by atoms with Gasteiger partial charge < -0.3 is 5.32 Å². The van der Waals surface area contributed by atoms with E-state index in [1.165, 1.54) is 0 Å². The highest BCUT2D eigenvalue weighted by Crippen LogP contribution is 2.20. The van der Waals surface area contributed by atoms with Gasteiger partial charge in [0.05, 0.1) is 11.9 Å². The van der Waals surface area contributed by atoms with Crippen LogP contribution in [-0.4, -0.2) is 26.6 Å². The molecule has 0 fully saturated rings. The van der Waals surface area contributed by atoms with Crippen LogP contribution in [0.25, 0.3) is 0 Å². The van der Waals surface area contributed by atoms with Gasteiger partial charge in [0.1, 0.15) is 6.04 Å². The van der Waals surface area contributed by atoms with Crippen molar-refractivity contribution in [2.75, 3.05) is 10.6 Å². The van der Waals surface area contributed by atoms with Crippen LogP contribution in [0.2, 0.25) is 5.02 Å². The first-order chi connectivity index (χ1) is 11.3. The van der Waals surface area contributed by atoms with Crippen LogP contribution in [0, 0.1) is 0 Å². The lowest BCUT2D eigenvalue weighted by atomic mass is 10.2. The molecule has 7 heteroatoms. The van der Waals surface area contributed by atoms with E-state index in [2.05, 4.69) is 5.32 Å². The molecule has 2 rings (SSSR count). The van der Waals surface area contributed by atoms with E-state index in [9.17, 15) is 13.2 Å². The first-order valence-electron chi connectivity index (χ1n) is 7.35. The van der Waals surface area contributed by atoms with E-state index in [0.29, 0.717) is 10.7 Å². The highest BCUT2D eigenvalue weighted by atomic mass is 35.5. The summed E-state index contributed by atoms with van der Waals surface area (Å²) in [6, 6.07) is 14.8. The number of hydrogen-bond donors (Lipinski definition) is 1. The lowest BCUT2D eigenvalue weighted by molar-refractivity contribution is -0.122. The molecular weight excluding hydrogens is 348 g/mol. The van der Waals surface area contributed by atoms with Crippen LogP contribution in [0.5, 0.6) is 0 Å². The molecule has 1 atom stereocenters. The standard InChI is InChI=1S/C17H19ClN2O3S/c1-13(17(21)19-12-14-7-6-8-15(18)11-14)20(24(2,22)23)16-9-4-3-5-10-16/h3-11,13H,12H2,1-2H3,(H,19,21)/t13-/m1/s1. The number of para-hydroxylation sites is 1. The second kappa shape index (κ2) is 7.68. The molecule has 1 N–H and O–H groups in total. The zero-order valence-electron chi connectivity index (χ0n) is 13.4. The fourth-order valence-electron chi connectivity index (χ4n) is 2.37. The predicted octanol–water partition coefficient (Wildman–Crippen LogP) is 2.81. The largest absolute Gasteiger partial charge is 0.350 e. The number of nitrogens with zero attached hydrogens (tertiary/aromatic N) is 1. The van der Waals surface area contributed by atoms with Crippen LogP contribution in [0.15, 0.2) is 54.6 Å². The van der Waals surface area contributed by atoms with Gasteiger partial charge in [0.25, 0.3) is 0 Å². The number of hydrogen-bond acceptors (Lipinski definition) is 3. The van der Waals surface area contributed by atoms with Crippen molar-refractivity contribution in [3.8, 4) is 0 Å². The highest BCUT2D eigenvalue weighted by Gasteiger charge is 2.28. The van der Waals surface area contributed by atoms with E-state index >= 15 is 0 Å². The lowest BCUT2D eigenvalue weighted by Gasteiger charge is -2.28. The average Bonchev–Trinajstić information content (AvgIpc) is 2.52. The van der Waals surface area contributed by atoms with Crippen molar-refractivity contribution in [1.82, 2.24) is 5.32 Å². The summed E-state index contributed by atoms with van der Waals surface area (Å²) in [6.45, 7) is 1.83. The molecule has 0 saturated heterocycles. The number of anilines is 1. The Hall–Kier alpha value is -2.05. The fourth-order valence-corrected chi connectivity index (χ4v) is 3.76. The van der Waals surface area contributed by atoms with Gasteiger partial charge in [0, 0.05) is 11.6 Å². The van der Waals surface area contributed by atoms with Crippen LogP contribution in [0.1, 0.15) is 12.5 Å². The fraction of sp³-hybridized carbons (Fsp3) is 0.235. The maximum atomic E-state index is 12.4. The summed E-state index contributed by atoms with van der Waals surface area (Å²) in [5.41, 5.74) is 1.29. The zero-order chi connectivity index (χ0) is 17.7. The third kappa shape index (κ3) is 4.72. The van der Waals surface area contributed by atoms with Crippen molar-refractivity contribution < 1.29 is 13.2 Å². The normalized spacial score (nSPS) is 12.5. The van der Waals surface area contributed by atoms with Crippen molar-refractivity contribution in [3.63, 3.8) is 0 Å². The average molecular weight is 367 g/mol. The molecule has 0 aromatic heterocycles. The van der Waals surface area contributed by atoms with Crippen molar-refractivity contribution in [2.24, 2.45) is 0 Å². The van der Waals surface area contributed by atoms with Crippen LogP contribution in [0.3, 0.4) is 0 Å². The summed E-state index contributed by atoms with van der Waals surface area (Å²) in [6.07, 6.45) is 1.08. The van der Waals surface area contributed by atoms with Gasteiger partial charge in [0.15, 0.2) is 0 Å². The highest BCUT2D eigenvalue weighted by molar-refractivity contribution is 7.92. The summed E-state index contributed by atoms with van der Waals surface area (Å²) in [4.78, 5) is 12.4. The van der Waals surface area contributed by atoms with Gasteiger partial charge in [-0.2, -0.15) is 0 Å². The molecule has 0 radical (unpaired) electrons. The number of benzene rings is 2. The monoisotopic (exact) mass is 366 g/mol. The number of nitrogens with one attached hydrogen (secondary N) is 1. The molecule has 0 saturated carbocycles. The summed E-state index contributed by atoms with van der Waals surface area (Å²) in [5.74, 6) is -0.385. The number of amides is 1. The van der Waals surface area contributed by atoms with Gasteiger partial charge in [-0.15, -0.1) is 0 Å². The van der Waals surface area contributed by atoms with Gasteiger partial charge >= 0.3 is 0 Å². The summed E-state index contributed by atoms with van der Waals surface area (Å²) >= 11 is 5.91. The number of halogens is 1. The molecule has 2 aromatic rings. The molecule has 5 nitrogen and oxygen atoms in total. The second-order valence-electron chi connectivity index (χ2n) is 5.42. The number of carbonyl (C=O) groups excluding carboxylic acids is 1. The van der Waals surface area contributed by atoms with Crippen LogP contribution in [0.4, 0.5) is 5.69 Å². The maximum Gasteiger partial charge on any atom is 0.243 e. The number of sulfonamides is 1. The van der Waals surface area contributed by atoms with Crippen molar-refractivity contribution >= 4 is 33.2 Å². The van der Waals surface area contributed by atoms with Crippen molar-refractivity contribution in [2.45, 2.75) is 19.5 Å². The van der Waals surface area contributed by atoms with E-state index in [4.69, 9.17) is 11.6 Å². The lowest BCUT2D eigenvalue weighted by Crippen LogP contribution is -2.47. The SMILES string of the molecule is C[C@H](C(=O)NCc1cccc(Cl)c1)N(c1ccccc1)S(C)(=O)=O. The second-order valence-corrected chi connectivity index (χ2v) is 7.71. The Balaban J connectivity index is 2.14. The zero-order valence-corrected chi connectivity index (χ0v) is 15.0. The quantitative estimate of drug-likeness (QED) is 0.854. The molecule has 0 aliphatic rings. The minimum absolute atomic E-state index is 0.274.